The van der Waals surface area contributed by atoms with Gasteiger partial charge in [0, 0.05) is 11.9 Å². The molecule has 2 aromatic rings. The van der Waals surface area contributed by atoms with Gasteiger partial charge in [-0.05, 0) is 36.8 Å². The van der Waals surface area contributed by atoms with Gasteiger partial charge < -0.3 is 4.74 Å². The van der Waals surface area contributed by atoms with Gasteiger partial charge in [-0.2, -0.15) is 0 Å². The Balaban J connectivity index is 2.34. The van der Waals surface area contributed by atoms with Crippen LogP contribution in [0.5, 0.6) is 0 Å². The minimum absolute atomic E-state index is 0.0567. The predicted octanol–water partition coefficient (Wildman–Crippen LogP) is 3.88. The van der Waals surface area contributed by atoms with Gasteiger partial charge in [-0.1, -0.05) is 35.3 Å². The summed E-state index contributed by atoms with van der Waals surface area (Å²) in [7, 11) is 1.33. The van der Waals surface area contributed by atoms with Crippen LogP contribution >= 0.6 is 23.2 Å². The van der Waals surface area contributed by atoms with Crippen LogP contribution in [0, 0.1) is 6.92 Å². The van der Waals surface area contributed by atoms with E-state index >= 15 is 0 Å². The van der Waals surface area contributed by atoms with Crippen molar-refractivity contribution in [2.75, 3.05) is 7.11 Å². The van der Waals surface area contributed by atoms with Crippen LogP contribution in [0.3, 0.4) is 0 Å². The van der Waals surface area contributed by atoms with Gasteiger partial charge in [0.25, 0.3) is 5.56 Å². The Kier molecular flexibility index (Phi) is 5.06. The summed E-state index contributed by atoms with van der Waals surface area (Å²) in [4.78, 5) is 23.4. The molecule has 1 heterocycles. The molecule has 0 N–H and O–H groups in total. The molecular weight excluding hydrogens is 325 g/mol. The van der Waals surface area contributed by atoms with E-state index in [9.17, 15) is 9.59 Å². The van der Waals surface area contributed by atoms with E-state index < -0.39 is 5.97 Å². The molecule has 4 nitrogen and oxygen atoms in total. The molecule has 0 fully saturated rings. The maximum atomic E-state index is 12.0. The molecule has 0 unspecified atom stereocenters. The zero-order valence-electron chi connectivity index (χ0n) is 12.0. The molecule has 0 radical (unpaired) electrons. The van der Waals surface area contributed by atoms with Crippen molar-refractivity contribution in [1.82, 2.24) is 4.57 Å². The fraction of sp³-hybridized carbons (Fsp3) is 0.125. The van der Waals surface area contributed by atoms with E-state index in [1.54, 1.807) is 43.5 Å². The molecule has 0 amide bonds. The normalized spacial score (nSPS) is 10.9. The SMILES string of the molecule is COC(=O)c1ccc(/C=C/n2c(C)c(Cl)cc(Cl)c2=O)cc1. The molecular formula is C16H13Cl2NO3. The van der Waals surface area contributed by atoms with Gasteiger partial charge in [-0.3, -0.25) is 9.36 Å². The molecule has 22 heavy (non-hydrogen) atoms. The summed E-state index contributed by atoms with van der Waals surface area (Å²) in [6, 6.07) is 8.21. The third kappa shape index (κ3) is 3.40. The fourth-order valence-corrected chi connectivity index (χ4v) is 2.30. The number of rotatable bonds is 3. The zero-order valence-corrected chi connectivity index (χ0v) is 13.5. The van der Waals surface area contributed by atoms with E-state index in [0.29, 0.717) is 16.3 Å². The minimum atomic E-state index is -0.399. The zero-order chi connectivity index (χ0) is 16.3. The smallest absolute Gasteiger partial charge is 0.337 e. The summed E-state index contributed by atoms with van der Waals surface area (Å²) >= 11 is 11.9. The summed E-state index contributed by atoms with van der Waals surface area (Å²) in [5.74, 6) is -0.399. The molecule has 1 aromatic carbocycles. The quantitative estimate of drug-likeness (QED) is 0.798. The topological polar surface area (TPSA) is 48.3 Å². The number of ether oxygens (including phenoxy) is 1. The van der Waals surface area contributed by atoms with E-state index in [1.165, 1.54) is 17.7 Å². The van der Waals surface area contributed by atoms with E-state index in [-0.39, 0.29) is 10.6 Å². The standard InChI is InChI=1S/C16H13Cl2NO3/c1-10-13(17)9-14(18)15(20)19(10)8-7-11-3-5-12(6-4-11)16(21)22-2/h3-9H,1-2H3/b8-7+. The Morgan fingerprint density at radius 3 is 2.41 bits per heavy atom. The van der Waals surface area contributed by atoms with Gasteiger partial charge in [-0.25, -0.2) is 4.79 Å². The summed E-state index contributed by atoms with van der Waals surface area (Å²) in [5.41, 5.74) is 1.53. The Labute approximate surface area is 137 Å². The number of hydrogen-bond acceptors (Lipinski definition) is 3. The van der Waals surface area contributed by atoms with E-state index in [4.69, 9.17) is 23.2 Å². The average molecular weight is 338 g/mol. The number of hydrogen-bond donors (Lipinski definition) is 0. The Morgan fingerprint density at radius 1 is 1.18 bits per heavy atom. The molecule has 0 saturated carbocycles. The van der Waals surface area contributed by atoms with Crippen molar-refractivity contribution in [3.05, 3.63) is 67.6 Å². The van der Waals surface area contributed by atoms with E-state index in [1.807, 2.05) is 0 Å². The number of benzene rings is 1. The van der Waals surface area contributed by atoms with Crippen LogP contribution in [0.1, 0.15) is 21.6 Å². The third-order valence-corrected chi connectivity index (χ3v) is 3.78. The second-order valence-corrected chi connectivity index (χ2v) is 5.34. The van der Waals surface area contributed by atoms with Crippen molar-refractivity contribution >= 4 is 41.4 Å². The molecule has 0 bridgehead atoms. The van der Waals surface area contributed by atoms with E-state index in [2.05, 4.69) is 4.74 Å². The lowest BCUT2D eigenvalue weighted by Crippen LogP contribution is -2.18. The highest BCUT2D eigenvalue weighted by Gasteiger charge is 2.07. The Morgan fingerprint density at radius 2 is 1.82 bits per heavy atom. The highest BCUT2D eigenvalue weighted by atomic mass is 35.5. The van der Waals surface area contributed by atoms with Gasteiger partial charge in [-0.15, -0.1) is 0 Å². The van der Waals surface area contributed by atoms with Crippen LogP contribution < -0.4 is 5.56 Å². The van der Waals surface area contributed by atoms with Gasteiger partial charge in [0.05, 0.1) is 17.7 Å². The van der Waals surface area contributed by atoms with Crippen LogP contribution in [0.15, 0.2) is 35.1 Å². The lowest BCUT2D eigenvalue weighted by atomic mass is 10.1. The van der Waals surface area contributed by atoms with E-state index in [0.717, 1.165) is 5.56 Å². The van der Waals surface area contributed by atoms with Crippen molar-refractivity contribution in [3.8, 4) is 0 Å². The third-order valence-electron chi connectivity index (χ3n) is 3.13. The molecule has 0 aliphatic rings. The van der Waals surface area contributed by atoms with Crippen LogP contribution in [0.25, 0.3) is 12.3 Å². The second kappa shape index (κ2) is 6.81. The summed E-state index contributed by atoms with van der Waals surface area (Å²) < 4.78 is 6.01. The minimum Gasteiger partial charge on any atom is -0.465 e. The Bertz CT molecular complexity index is 792. The lowest BCUT2D eigenvalue weighted by Gasteiger charge is -2.07. The number of aromatic nitrogens is 1. The molecule has 2 rings (SSSR count). The number of carbonyl (C=O) groups excluding carboxylic acids is 1. The number of methoxy groups -OCH3 is 1. The number of nitrogens with zero attached hydrogens (tertiary/aromatic N) is 1. The van der Waals surface area contributed by atoms with Crippen molar-refractivity contribution in [3.63, 3.8) is 0 Å². The number of halogens is 2. The van der Waals surface area contributed by atoms with Crippen LogP contribution in [-0.4, -0.2) is 17.6 Å². The maximum absolute atomic E-state index is 12.0. The first-order chi connectivity index (χ1) is 10.4. The van der Waals surface area contributed by atoms with Gasteiger partial charge >= 0.3 is 5.97 Å². The number of pyridine rings is 1. The van der Waals surface area contributed by atoms with Crippen LogP contribution in [-0.2, 0) is 4.74 Å². The molecule has 0 spiro atoms. The number of carbonyl (C=O) groups is 1. The molecule has 0 atom stereocenters. The summed E-state index contributed by atoms with van der Waals surface area (Å²) in [6.07, 6.45) is 3.31. The molecule has 6 heteroatoms. The predicted molar refractivity (Wildman–Crippen MR) is 88.5 cm³/mol. The maximum Gasteiger partial charge on any atom is 0.337 e. The molecule has 0 aliphatic heterocycles. The van der Waals surface area contributed by atoms with Crippen molar-refractivity contribution in [1.29, 1.82) is 0 Å². The molecule has 0 aliphatic carbocycles. The molecule has 114 valence electrons. The van der Waals surface area contributed by atoms with Crippen molar-refractivity contribution < 1.29 is 9.53 Å². The monoisotopic (exact) mass is 337 g/mol. The average Bonchev–Trinajstić information content (AvgIpc) is 2.53. The lowest BCUT2D eigenvalue weighted by molar-refractivity contribution is 0.0601. The van der Waals surface area contributed by atoms with Gasteiger partial charge in [0.15, 0.2) is 0 Å². The first-order valence-electron chi connectivity index (χ1n) is 6.37. The van der Waals surface area contributed by atoms with Gasteiger partial charge in [0.1, 0.15) is 5.02 Å². The van der Waals surface area contributed by atoms with Crippen molar-refractivity contribution in [2.45, 2.75) is 6.92 Å². The first kappa shape index (κ1) is 16.3. The Hall–Kier alpha value is -2.04. The largest absolute Gasteiger partial charge is 0.465 e. The molecule has 0 saturated heterocycles. The van der Waals surface area contributed by atoms with Crippen molar-refractivity contribution in [2.24, 2.45) is 0 Å². The van der Waals surface area contributed by atoms with Gasteiger partial charge in [0.2, 0.25) is 0 Å². The first-order valence-corrected chi connectivity index (χ1v) is 7.13. The fourth-order valence-electron chi connectivity index (χ4n) is 1.85. The van der Waals surface area contributed by atoms with Crippen LogP contribution in [0.2, 0.25) is 10.0 Å². The van der Waals surface area contributed by atoms with Crippen LogP contribution in [0.4, 0.5) is 0 Å². The number of esters is 1. The summed E-state index contributed by atoms with van der Waals surface area (Å²) in [5, 5.41) is 0.469. The molecule has 1 aromatic heterocycles. The highest BCUT2D eigenvalue weighted by molar-refractivity contribution is 6.34. The highest BCUT2D eigenvalue weighted by Crippen LogP contribution is 2.17. The summed E-state index contributed by atoms with van der Waals surface area (Å²) in [6.45, 7) is 1.73. The second-order valence-electron chi connectivity index (χ2n) is 4.53.